The lowest BCUT2D eigenvalue weighted by Crippen LogP contribution is -2.23. The predicted octanol–water partition coefficient (Wildman–Crippen LogP) is 2.51. The highest BCUT2D eigenvalue weighted by atomic mass is 35.5. The largest absolute Gasteiger partial charge is 0.344 e. The van der Waals surface area contributed by atoms with Crippen LogP contribution < -0.4 is 5.32 Å². The van der Waals surface area contributed by atoms with E-state index in [1.165, 1.54) is 0 Å². The van der Waals surface area contributed by atoms with Crippen molar-refractivity contribution < 1.29 is 9.32 Å². The van der Waals surface area contributed by atoms with Crippen LogP contribution in [0.3, 0.4) is 0 Å². The Morgan fingerprint density at radius 3 is 2.71 bits per heavy atom. The molecular formula is C16H16ClN5O2. The molecule has 7 nitrogen and oxygen atoms in total. The van der Waals surface area contributed by atoms with Crippen molar-refractivity contribution in [3.8, 4) is 0 Å². The molecule has 0 aliphatic carbocycles. The van der Waals surface area contributed by atoms with Crippen LogP contribution >= 0.6 is 11.6 Å². The fourth-order valence-corrected chi connectivity index (χ4v) is 2.36. The minimum absolute atomic E-state index is 0.0754. The molecule has 0 unspecified atom stereocenters. The second-order valence-electron chi connectivity index (χ2n) is 5.33. The zero-order valence-electron chi connectivity index (χ0n) is 13.3. The Balaban J connectivity index is 1.64. The monoisotopic (exact) mass is 345 g/mol. The highest BCUT2D eigenvalue weighted by Gasteiger charge is 2.17. The summed E-state index contributed by atoms with van der Waals surface area (Å²) in [5.41, 5.74) is 2.54. The smallest absolute Gasteiger partial charge is 0.316 e. The SMILES string of the molecule is Cc1nn(Cc2noc(C(=O)NCc3ccccc3)n2)c(C)c1Cl. The average molecular weight is 346 g/mol. The van der Waals surface area contributed by atoms with Gasteiger partial charge in [-0.1, -0.05) is 47.1 Å². The van der Waals surface area contributed by atoms with E-state index in [4.69, 9.17) is 16.1 Å². The lowest BCUT2D eigenvalue weighted by molar-refractivity contribution is 0.0907. The van der Waals surface area contributed by atoms with Crippen molar-refractivity contribution in [1.82, 2.24) is 25.2 Å². The number of amides is 1. The second kappa shape index (κ2) is 6.84. The normalized spacial score (nSPS) is 10.8. The molecule has 0 aliphatic heterocycles. The van der Waals surface area contributed by atoms with Gasteiger partial charge in [0.25, 0.3) is 0 Å². The Bertz CT molecular complexity index is 857. The maximum Gasteiger partial charge on any atom is 0.316 e. The summed E-state index contributed by atoms with van der Waals surface area (Å²) in [6.07, 6.45) is 0. The number of halogens is 1. The van der Waals surface area contributed by atoms with E-state index >= 15 is 0 Å². The van der Waals surface area contributed by atoms with Gasteiger partial charge in [0.15, 0.2) is 5.82 Å². The maximum atomic E-state index is 12.1. The van der Waals surface area contributed by atoms with Crippen LogP contribution in [0, 0.1) is 13.8 Å². The third-order valence-corrected chi connectivity index (χ3v) is 4.09. The van der Waals surface area contributed by atoms with Gasteiger partial charge in [0, 0.05) is 6.54 Å². The molecule has 124 valence electrons. The fourth-order valence-electron chi connectivity index (χ4n) is 2.23. The van der Waals surface area contributed by atoms with Gasteiger partial charge in [-0.05, 0) is 19.4 Å². The Hall–Kier alpha value is -2.67. The molecule has 0 radical (unpaired) electrons. The molecule has 0 aliphatic rings. The summed E-state index contributed by atoms with van der Waals surface area (Å²) in [4.78, 5) is 16.2. The van der Waals surface area contributed by atoms with Crippen molar-refractivity contribution in [2.24, 2.45) is 0 Å². The molecule has 24 heavy (non-hydrogen) atoms. The molecule has 2 aromatic heterocycles. The maximum absolute atomic E-state index is 12.1. The van der Waals surface area contributed by atoms with Crippen molar-refractivity contribution in [3.63, 3.8) is 0 Å². The number of carbonyl (C=O) groups is 1. The summed E-state index contributed by atoms with van der Waals surface area (Å²) in [6.45, 7) is 4.36. The van der Waals surface area contributed by atoms with Gasteiger partial charge in [-0.25, -0.2) is 0 Å². The Morgan fingerprint density at radius 2 is 2.04 bits per heavy atom. The summed E-state index contributed by atoms with van der Waals surface area (Å²) in [5.74, 6) is -0.125. The van der Waals surface area contributed by atoms with Gasteiger partial charge in [-0.3, -0.25) is 9.48 Å². The first-order valence-corrected chi connectivity index (χ1v) is 7.76. The minimum Gasteiger partial charge on any atom is -0.344 e. The summed E-state index contributed by atoms with van der Waals surface area (Å²) >= 11 is 6.11. The molecule has 0 bridgehead atoms. The quantitative estimate of drug-likeness (QED) is 0.767. The van der Waals surface area contributed by atoms with Crippen LogP contribution in [0.15, 0.2) is 34.9 Å². The first-order valence-electron chi connectivity index (χ1n) is 7.39. The van der Waals surface area contributed by atoms with Crippen LogP contribution in [0.4, 0.5) is 0 Å². The van der Waals surface area contributed by atoms with Crippen LogP contribution in [-0.4, -0.2) is 25.8 Å². The zero-order valence-corrected chi connectivity index (χ0v) is 14.0. The van der Waals surface area contributed by atoms with Gasteiger partial charge in [0.05, 0.1) is 16.4 Å². The van der Waals surface area contributed by atoms with Crippen molar-refractivity contribution in [2.75, 3.05) is 0 Å². The first kappa shape index (κ1) is 16.2. The molecule has 0 saturated carbocycles. The van der Waals surface area contributed by atoms with Gasteiger partial charge in [-0.15, -0.1) is 0 Å². The number of hydrogen-bond donors (Lipinski definition) is 1. The van der Waals surface area contributed by atoms with Crippen LogP contribution in [0.5, 0.6) is 0 Å². The summed E-state index contributed by atoms with van der Waals surface area (Å²) in [7, 11) is 0. The molecule has 0 saturated heterocycles. The number of aromatic nitrogens is 4. The van der Waals surface area contributed by atoms with E-state index < -0.39 is 5.91 Å². The van der Waals surface area contributed by atoms with E-state index in [1.54, 1.807) is 4.68 Å². The number of benzene rings is 1. The van der Waals surface area contributed by atoms with E-state index in [9.17, 15) is 4.79 Å². The van der Waals surface area contributed by atoms with Gasteiger partial charge >= 0.3 is 11.8 Å². The van der Waals surface area contributed by atoms with Crippen molar-refractivity contribution >= 4 is 17.5 Å². The lowest BCUT2D eigenvalue weighted by Gasteiger charge is -2.01. The Morgan fingerprint density at radius 1 is 1.29 bits per heavy atom. The standard InChI is InChI=1S/C16H16ClN5O2/c1-10-14(17)11(2)22(20-10)9-13-19-16(24-21-13)15(23)18-8-12-6-4-3-5-7-12/h3-7H,8-9H2,1-2H3,(H,18,23). The molecule has 0 atom stereocenters. The molecule has 3 rings (SSSR count). The Kier molecular flexibility index (Phi) is 4.61. The van der Waals surface area contributed by atoms with Gasteiger partial charge in [-0.2, -0.15) is 10.1 Å². The number of hydrogen-bond acceptors (Lipinski definition) is 5. The molecule has 1 N–H and O–H groups in total. The topological polar surface area (TPSA) is 85.8 Å². The number of aryl methyl sites for hydroxylation is 1. The van der Waals surface area contributed by atoms with E-state index in [2.05, 4.69) is 20.6 Å². The second-order valence-corrected chi connectivity index (χ2v) is 5.70. The van der Waals surface area contributed by atoms with Crippen LogP contribution in [0.25, 0.3) is 0 Å². The highest BCUT2D eigenvalue weighted by Crippen LogP contribution is 2.19. The van der Waals surface area contributed by atoms with Gasteiger partial charge < -0.3 is 9.84 Å². The predicted molar refractivity (Wildman–Crippen MR) is 87.7 cm³/mol. The molecule has 3 aromatic rings. The van der Waals surface area contributed by atoms with Crippen LogP contribution in [0.2, 0.25) is 5.02 Å². The van der Waals surface area contributed by atoms with E-state index in [0.29, 0.717) is 17.4 Å². The minimum atomic E-state index is -0.413. The van der Waals surface area contributed by atoms with E-state index in [1.807, 2.05) is 44.2 Å². The first-order chi connectivity index (χ1) is 11.5. The molecule has 0 spiro atoms. The molecule has 0 fully saturated rings. The molecule has 8 heteroatoms. The third-order valence-electron chi connectivity index (χ3n) is 3.54. The van der Waals surface area contributed by atoms with Gasteiger partial charge in [0.1, 0.15) is 6.54 Å². The number of carbonyl (C=O) groups excluding carboxylic acids is 1. The molecular weight excluding hydrogens is 330 g/mol. The summed E-state index contributed by atoms with van der Waals surface area (Å²) < 4.78 is 6.69. The van der Waals surface area contributed by atoms with E-state index in [0.717, 1.165) is 17.0 Å². The van der Waals surface area contributed by atoms with E-state index in [-0.39, 0.29) is 12.4 Å². The number of rotatable bonds is 5. The van der Waals surface area contributed by atoms with Crippen LogP contribution in [0.1, 0.15) is 33.5 Å². The average Bonchev–Trinajstić information content (AvgIpc) is 3.15. The Labute approximate surface area is 143 Å². The van der Waals surface area contributed by atoms with Crippen molar-refractivity contribution in [3.05, 3.63) is 64.0 Å². The summed E-state index contributed by atoms with van der Waals surface area (Å²) in [5, 5.41) is 11.5. The van der Waals surface area contributed by atoms with Gasteiger partial charge in [0.2, 0.25) is 0 Å². The fraction of sp³-hybridized carbons (Fsp3) is 0.250. The number of nitrogens with zero attached hydrogens (tertiary/aromatic N) is 4. The number of nitrogens with one attached hydrogen (secondary N) is 1. The van der Waals surface area contributed by atoms with Crippen molar-refractivity contribution in [1.29, 1.82) is 0 Å². The zero-order chi connectivity index (χ0) is 17.1. The van der Waals surface area contributed by atoms with Crippen LogP contribution in [-0.2, 0) is 13.1 Å². The van der Waals surface area contributed by atoms with Crippen molar-refractivity contribution in [2.45, 2.75) is 26.9 Å². The lowest BCUT2D eigenvalue weighted by atomic mass is 10.2. The molecule has 1 amide bonds. The summed E-state index contributed by atoms with van der Waals surface area (Å²) in [6, 6.07) is 9.58. The molecule has 2 heterocycles. The molecule has 1 aromatic carbocycles. The highest BCUT2D eigenvalue weighted by molar-refractivity contribution is 6.31. The third kappa shape index (κ3) is 3.46.